The predicted octanol–water partition coefficient (Wildman–Crippen LogP) is 3.56. The number of benzene rings is 2. The Bertz CT molecular complexity index is 911. The van der Waals surface area contributed by atoms with Gasteiger partial charge in [-0.15, -0.1) is 0 Å². The van der Waals surface area contributed by atoms with E-state index in [0.717, 1.165) is 11.1 Å². The van der Waals surface area contributed by atoms with Crippen LogP contribution in [0.5, 0.6) is 0 Å². The highest BCUT2D eigenvalue weighted by atomic mass is 16.5. The molecule has 0 saturated carbocycles. The van der Waals surface area contributed by atoms with Crippen LogP contribution in [0.4, 0.5) is 0 Å². The molecule has 2 aromatic carbocycles. The minimum atomic E-state index is -0.225. The lowest BCUT2D eigenvalue weighted by molar-refractivity contribution is -0.146. The summed E-state index contributed by atoms with van der Waals surface area (Å²) in [5, 5.41) is 0. The molecule has 0 aliphatic carbocycles. The summed E-state index contributed by atoms with van der Waals surface area (Å²) in [5.41, 5.74) is 3.55. The molecule has 5 nitrogen and oxygen atoms in total. The normalized spacial score (nSPS) is 14.6. The fourth-order valence-corrected chi connectivity index (χ4v) is 3.56. The van der Waals surface area contributed by atoms with Crippen molar-refractivity contribution in [3.63, 3.8) is 0 Å². The zero-order chi connectivity index (χ0) is 20.3. The van der Waals surface area contributed by atoms with Crippen LogP contribution in [0.3, 0.4) is 0 Å². The highest BCUT2D eigenvalue weighted by Gasteiger charge is 2.30. The average molecular weight is 379 g/mol. The maximum Gasteiger partial charge on any atom is 0.308 e. The summed E-state index contributed by atoms with van der Waals surface area (Å²) in [4.78, 5) is 39.6. The van der Waals surface area contributed by atoms with E-state index in [1.165, 1.54) is 7.11 Å². The Morgan fingerprint density at radius 1 is 0.929 bits per heavy atom. The molecule has 0 bridgehead atoms. The first-order valence-corrected chi connectivity index (χ1v) is 9.50. The van der Waals surface area contributed by atoms with Gasteiger partial charge in [-0.3, -0.25) is 14.4 Å². The van der Waals surface area contributed by atoms with Crippen LogP contribution in [0.2, 0.25) is 0 Å². The third-order valence-electron chi connectivity index (χ3n) is 5.49. The number of esters is 1. The highest BCUT2D eigenvalue weighted by Crippen LogP contribution is 2.23. The van der Waals surface area contributed by atoms with Gasteiger partial charge in [0.15, 0.2) is 5.78 Å². The molecule has 5 heteroatoms. The Hall–Kier alpha value is -2.95. The monoisotopic (exact) mass is 379 g/mol. The number of ketones is 1. The van der Waals surface area contributed by atoms with Gasteiger partial charge in [-0.2, -0.15) is 0 Å². The summed E-state index contributed by atoms with van der Waals surface area (Å²) in [5.74, 6) is -0.716. The lowest BCUT2D eigenvalue weighted by atomic mass is 9.93. The molecule has 146 valence electrons. The summed E-state index contributed by atoms with van der Waals surface area (Å²) < 4.78 is 4.80. The van der Waals surface area contributed by atoms with Gasteiger partial charge in [0.25, 0.3) is 5.91 Å². The van der Waals surface area contributed by atoms with E-state index in [-0.39, 0.29) is 23.6 Å². The molecule has 0 spiro atoms. The Kier molecular flexibility index (Phi) is 5.93. The third-order valence-corrected chi connectivity index (χ3v) is 5.49. The van der Waals surface area contributed by atoms with Gasteiger partial charge < -0.3 is 9.64 Å². The maximum absolute atomic E-state index is 13.1. The van der Waals surface area contributed by atoms with Gasteiger partial charge in [0, 0.05) is 24.2 Å². The molecule has 1 amide bonds. The number of nitrogens with zero attached hydrogens (tertiary/aromatic N) is 1. The van der Waals surface area contributed by atoms with Gasteiger partial charge in [0.05, 0.1) is 18.6 Å². The van der Waals surface area contributed by atoms with E-state index in [0.29, 0.717) is 42.6 Å². The summed E-state index contributed by atoms with van der Waals surface area (Å²) in [6, 6.07) is 12.5. The summed E-state index contributed by atoms with van der Waals surface area (Å²) >= 11 is 0. The van der Waals surface area contributed by atoms with Crippen LogP contribution in [0.15, 0.2) is 42.5 Å². The van der Waals surface area contributed by atoms with Crippen molar-refractivity contribution in [1.82, 2.24) is 4.90 Å². The number of ether oxygens (including phenoxy) is 1. The number of hydrogen-bond acceptors (Lipinski definition) is 4. The number of methoxy groups -OCH3 is 1. The lowest BCUT2D eigenvalue weighted by Gasteiger charge is -2.31. The van der Waals surface area contributed by atoms with E-state index in [2.05, 4.69) is 0 Å². The van der Waals surface area contributed by atoms with E-state index < -0.39 is 0 Å². The van der Waals surface area contributed by atoms with Crippen LogP contribution >= 0.6 is 0 Å². The third kappa shape index (κ3) is 3.98. The topological polar surface area (TPSA) is 63.7 Å². The Morgan fingerprint density at radius 3 is 2.18 bits per heavy atom. The number of carbonyl (C=O) groups is 3. The van der Waals surface area contributed by atoms with Gasteiger partial charge in [-0.25, -0.2) is 0 Å². The number of amides is 1. The first-order valence-electron chi connectivity index (χ1n) is 9.50. The Labute approximate surface area is 165 Å². The Morgan fingerprint density at radius 2 is 1.57 bits per heavy atom. The minimum Gasteiger partial charge on any atom is -0.469 e. The molecule has 1 fully saturated rings. The van der Waals surface area contributed by atoms with Crippen LogP contribution in [-0.2, 0) is 9.53 Å². The van der Waals surface area contributed by atoms with E-state index in [1.54, 1.807) is 35.2 Å². The lowest BCUT2D eigenvalue weighted by Crippen LogP contribution is -2.41. The molecular formula is C23H25NO4. The quantitative estimate of drug-likeness (QED) is 0.602. The number of hydrogen-bond donors (Lipinski definition) is 0. The van der Waals surface area contributed by atoms with Crippen LogP contribution in [0, 0.1) is 19.8 Å². The zero-order valence-corrected chi connectivity index (χ0v) is 16.5. The fourth-order valence-electron chi connectivity index (χ4n) is 3.56. The molecule has 1 saturated heterocycles. The number of carbonyl (C=O) groups excluding carboxylic acids is 3. The molecule has 1 aliphatic heterocycles. The molecule has 0 radical (unpaired) electrons. The number of likely N-dealkylation sites (tertiary alicyclic amines) is 1. The second-order valence-electron chi connectivity index (χ2n) is 7.26. The molecular weight excluding hydrogens is 354 g/mol. The van der Waals surface area contributed by atoms with Crippen molar-refractivity contribution in [1.29, 1.82) is 0 Å². The van der Waals surface area contributed by atoms with E-state index in [1.807, 2.05) is 26.0 Å². The van der Waals surface area contributed by atoms with Crippen molar-refractivity contribution >= 4 is 17.7 Å². The van der Waals surface area contributed by atoms with Crippen LogP contribution in [0.1, 0.15) is 50.2 Å². The maximum atomic E-state index is 13.1. The molecule has 28 heavy (non-hydrogen) atoms. The molecule has 1 aliphatic rings. The van der Waals surface area contributed by atoms with Gasteiger partial charge in [0.1, 0.15) is 0 Å². The van der Waals surface area contributed by atoms with E-state index in [9.17, 15) is 14.4 Å². The first-order chi connectivity index (χ1) is 13.4. The van der Waals surface area contributed by atoms with Gasteiger partial charge >= 0.3 is 5.97 Å². The molecule has 0 N–H and O–H groups in total. The van der Waals surface area contributed by atoms with Crippen molar-refractivity contribution in [2.24, 2.45) is 5.92 Å². The highest BCUT2D eigenvalue weighted by molar-refractivity contribution is 6.15. The van der Waals surface area contributed by atoms with Crippen LogP contribution in [0.25, 0.3) is 0 Å². The van der Waals surface area contributed by atoms with E-state index >= 15 is 0 Å². The van der Waals surface area contributed by atoms with Gasteiger partial charge in [0.2, 0.25) is 0 Å². The molecule has 0 aromatic heterocycles. The largest absolute Gasteiger partial charge is 0.469 e. The van der Waals surface area contributed by atoms with Crippen molar-refractivity contribution in [3.8, 4) is 0 Å². The summed E-state index contributed by atoms with van der Waals surface area (Å²) in [6.07, 6.45) is 1.15. The number of aryl methyl sites for hydroxylation is 2. The van der Waals surface area contributed by atoms with E-state index in [4.69, 9.17) is 4.74 Å². The fraction of sp³-hybridized carbons (Fsp3) is 0.348. The van der Waals surface area contributed by atoms with Crippen LogP contribution in [-0.4, -0.2) is 42.8 Å². The summed E-state index contributed by atoms with van der Waals surface area (Å²) in [7, 11) is 1.38. The second kappa shape index (κ2) is 8.38. The van der Waals surface area contributed by atoms with Gasteiger partial charge in [-0.1, -0.05) is 30.3 Å². The molecule has 0 atom stereocenters. The van der Waals surface area contributed by atoms with Crippen molar-refractivity contribution in [3.05, 3.63) is 70.3 Å². The zero-order valence-electron chi connectivity index (χ0n) is 16.5. The Balaban J connectivity index is 1.82. The van der Waals surface area contributed by atoms with Crippen LogP contribution < -0.4 is 0 Å². The molecule has 3 rings (SSSR count). The molecule has 2 aromatic rings. The van der Waals surface area contributed by atoms with Gasteiger partial charge in [-0.05, 0) is 49.9 Å². The number of rotatable bonds is 4. The average Bonchev–Trinajstić information content (AvgIpc) is 2.74. The second-order valence-corrected chi connectivity index (χ2v) is 7.26. The van der Waals surface area contributed by atoms with Crippen molar-refractivity contribution in [2.45, 2.75) is 26.7 Å². The minimum absolute atomic E-state index is 0.156. The standard InChI is InChI=1S/C23H25NO4/c1-15-8-9-18(14-16(15)2)21(25)19-6-4-5-7-20(19)22(26)24-12-10-17(11-13-24)23(27)28-3/h4-9,14,17H,10-13H2,1-3H3. The smallest absolute Gasteiger partial charge is 0.308 e. The molecule has 0 unspecified atom stereocenters. The number of piperidine rings is 1. The summed E-state index contributed by atoms with van der Waals surface area (Å²) in [6.45, 7) is 4.92. The molecule has 1 heterocycles. The first kappa shape index (κ1) is 19.8. The SMILES string of the molecule is COC(=O)C1CCN(C(=O)c2ccccc2C(=O)c2ccc(C)c(C)c2)CC1. The van der Waals surface area contributed by atoms with Crippen molar-refractivity contribution < 1.29 is 19.1 Å². The predicted molar refractivity (Wildman–Crippen MR) is 106 cm³/mol. The van der Waals surface area contributed by atoms with Crippen molar-refractivity contribution in [2.75, 3.05) is 20.2 Å².